The van der Waals surface area contributed by atoms with Crippen LogP contribution in [-0.2, 0) is 0 Å². The third kappa shape index (κ3) is 11.3. The summed E-state index contributed by atoms with van der Waals surface area (Å²) >= 11 is 0. The van der Waals surface area contributed by atoms with Crippen molar-refractivity contribution >= 4 is 97.7 Å². The van der Waals surface area contributed by atoms with E-state index in [-0.39, 0.29) is 0 Å². The van der Waals surface area contributed by atoms with Crippen LogP contribution in [0, 0.1) is 0 Å². The van der Waals surface area contributed by atoms with Gasteiger partial charge in [-0.3, -0.25) is 0 Å². The van der Waals surface area contributed by atoms with E-state index in [9.17, 15) is 0 Å². The number of benzene rings is 17. The predicted molar refractivity (Wildman–Crippen MR) is 436 cm³/mol. The van der Waals surface area contributed by atoms with Crippen LogP contribution in [-0.4, -0.2) is 29.9 Å². The molecule has 21 rings (SSSR count). The number of rotatable bonds is 10. The number of fused-ring (bicyclic) bond motifs is 11. The van der Waals surface area contributed by atoms with Gasteiger partial charge in [-0.2, -0.15) is 0 Å². The maximum atomic E-state index is 6.39. The van der Waals surface area contributed by atoms with E-state index < -0.39 is 0 Å². The van der Waals surface area contributed by atoms with Crippen molar-refractivity contribution < 1.29 is 8.83 Å². The van der Waals surface area contributed by atoms with Gasteiger partial charge in [-0.1, -0.05) is 303 Å². The summed E-state index contributed by atoms with van der Waals surface area (Å²) in [5.41, 5.74) is 18.2. The molecule has 0 bridgehead atoms. The highest BCUT2D eigenvalue weighted by Gasteiger charge is 2.21. The molecular formula is C98H60N6O2. The van der Waals surface area contributed by atoms with Crippen molar-refractivity contribution in [3.8, 4) is 113 Å². The van der Waals surface area contributed by atoms with Gasteiger partial charge >= 0.3 is 0 Å². The van der Waals surface area contributed by atoms with Crippen LogP contribution in [0.2, 0.25) is 0 Å². The monoisotopic (exact) mass is 1350 g/mol. The highest BCUT2D eigenvalue weighted by atomic mass is 16.3. The molecule has 0 amide bonds. The molecule has 0 spiro atoms. The van der Waals surface area contributed by atoms with Gasteiger partial charge in [0.15, 0.2) is 34.9 Å². The van der Waals surface area contributed by atoms with Crippen LogP contribution < -0.4 is 0 Å². The Kier molecular flexibility index (Phi) is 15.0. The topological polar surface area (TPSA) is 104 Å². The van der Waals surface area contributed by atoms with Crippen LogP contribution in [0.25, 0.3) is 211 Å². The Balaban J connectivity index is 0.000000141. The third-order valence-corrected chi connectivity index (χ3v) is 20.4. The van der Waals surface area contributed by atoms with Gasteiger partial charge in [0, 0.05) is 54.9 Å². The Morgan fingerprint density at radius 2 is 0.472 bits per heavy atom. The molecule has 8 heteroatoms. The molecule has 8 nitrogen and oxygen atoms in total. The molecule has 0 aliphatic rings. The van der Waals surface area contributed by atoms with Crippen molar-refractivity contribution in [3.63, 3.8) is 0 Å². The molecule has 0 aliphatic heterocycles. The van der Waals surface area contributed by atoms with Crippen LogP contribution >= 0.6 is 0 Å². The third-order valence-electron chi connectivity index (χ3n) is 20.4. The summed E-state index contributed by atoms with van der Waals surface area (Å²) in [5, 5.41) is 16.1. The number of hydrogen-bond acceptors (Lipinski definition) is 8. The molecular weight excluding hydrogens is 1290 g/mol. The largest absolute Gasteiger partial charge is 0.456 e. The summed E-state index contributed by atoms with van der Waals surface area (Å²) in [4.78, 5) is 30.7. The van der Waals surface area contributed by atoms with Crippen LogP contribution in [0.4, 0.5) is 0 Å². The second-order valence-corrected chi connectivity index (χ2v) is 26.9. The van der Waals surface area contributed by atoms with Crippen molar-refractivity contribution in [1.82, 2.24) is 29.9 Å². The lowest BCUT2D eigenvalue weighted by Gasteiger charge is -2.13. The molecule has 0 aliphatic carbocycles. The van der Waals surface area contributed by atoms with Crippen LogP contribution in [0.1, 0.15) is 0 Å². The first-order chi connectivity index (χ1) is 52.5. The summed E-state index contributed by atoms with van der Waals surface area (Å²) in [6.07, 6.45) is 0. The highest BCUT2D eigenvalue weighted by molar-refractivity contribution is 6.17. The summed E-state index contributed by atoms with van der Waals surface area (Å²) < 4.78 is 12.8. The second kappa shape index (κ2) is 25.9. The van der Waals surface area contributed by atoms with Gasteiger partial charge < -0.3 is 8.83 Å². The van der Waals surface area contributed by atoms with Crippen molar-refractivity contribution in [2.75, 3.05) is 0 Å². The summed E-state index contributed by atoms with van der Waals surface area (Å²) in [7, 11) is 0. The Morgan fingerprint density at radius 1 is 0.151 bits per heavy atom. The van der Waals surface area contributed by atoms with Crippen LogP contribution in [0.3, 0.4) is 0 Å². The molecule has 0 fully saturated rings. The molecule has 0 atom stereocenters. The number of nitrogens with zero attached hydrogens (tertiary/aromatic N) is 6. The van der Waals surface area contributed by atoms with E-state index in [1.54, 1.807) is 0 Å². The molecule has 17 aromatic carbocycles. The number of furan rings is 2. The minimum Gasteiger partial charge on any atom is -0.456 e. The van der Waals surface area contributed by atoms with Crippen molar-refractivity contribution in [2.24, 2.45) is 0 Å². The fourth-order valence-electron chi connectivity index (χ4n) is 15.1. The van der Waals surface area contributed by atoms with E-state index in [1.807, 2.05) is 12.1 Å². The smallest absolute Gasteiger partial charge is 0.164 e. The fraction of sp³-hybridized carbons (Fsp3) is 0. The highest BCUT2D eigenvalue weighted by Crippen LogP contribution is 2.43. The van der Waals surface area contributed by atoms with Crippen LogP contribution in [0.15, 0.2) is 373 Å². The minimum absolute atomic E-state index is 0.620. The predicted octanol–water partition coefficient (Wildman–Crippen LogP) is 26.0. The quantitative estimate of drug-likeness (QED) is 0.133. The molecule has 494 valence electrons. The lowest BCUT2D eigenvalue weighted by molar-refractivity contribution is 0.669. The second-order valence-electron chi connectivity index (χ2n) is 26.9. The summed E-state index contributed by atoms with van der Waals surface area (Å²) in [6.45, 7) is 0. The van der Waals surface area contributed by atoms with E-state index in [0.29, 0.717) is 34.9 Å². The Bertz CT molecular complexity index is 7010. The Labute approximate surface area is 609 Å². The van der Waals surface area contributed by atoms with E-state index in [1.165, 1.54) is 43.4 Å². The van der Waals surface area contributed by atoms with Crippen LogP contribution in [0.5, 0.6) is 0 Å². The first-order valence-corrected chi connectivity index (χ1v) is 35.6. The van der Waals surface area contributed by atoms with Gasteiger partial charge in [-0.05, 0) is 159 Å². The van der Waals surface area contributed by atoms with Crippen molar-refractivity contribution in [2.45, 2.75) is 0 Å². The van der Waals surface area contributed by atoms with E-state index in [0.717, 1.165) is 132 Å². The molecule has 0 saturated carbocycles. The Hall–Kier alpha value is -14.3. The lowest BCUT2D eigenvalue weighted by atomic mass is 9.94. The molecule has 0 N–H and O–H groups in total. The zero-order chi connectivity index (χ0) is 70.0. The van der Waals surface area contributed by atoms with Gasteiger partial charge in [-0.15, -0.1) is 0 Å². The average Bonchev–Trinajstić information content (AvgIpc) is 1.55. The summed E-state index contributed by atoms with van der Waals surface area (Å²) in [6, 6.07) is 127. The average molecular weight is 1350 g/mol. The molecule has 106 heavy (non-hydrogen) atoms. The van der Waals surface area contributed by atoms with E-state index in [4.69, 9.17) is 38.7 Å². The normalized spacial score (nSPS) is 11.6. The van der Waals surface area contributed by atoms with Gasteiger partial charge in [0.2, 0.25) is 0 Å². The lowest BCUT2D eigenvalue weighted by Crippen LogP contribution is -2.01. The zero-order valence-corrected chi connectivity index (χ0v) is 57.1. The molecule has 4 heterocycles. The fourth-order valence-corrected chi connectivity index (χ4v) is 15.1. The molecule has 0 saturated heterocycles. The van der Waals surface area contributed by atoms with Gasteiger partial charge in [0.05, 0.1) is 0 Å². The Morgan fingerprint density at radius 3 is 0.953 bits per heavy atom. The first-order valence-electron chi connectivity index (χ1n) is 35.6. The van der Waals surface area contributed by atoms with E-state index >= 15 is 0 Å². The minimum atomic E-state index is 0.620. The van der Waals surface area contributed by atoms with Gasteiger partial charge in [0.25, 0.3) is 0 Å². The molecule has 0 radical (unpaired) electrons. The molecule has 21 aromatic rings. The van der Waals surface area contributed by atoms with Gasteiger partial charge in [-0.25, -0.2) is 29.9 Å². The molecule has 0 unspecified atom stereocenters. The maximum absolute atomic E-state index is 6.39. The first kappa shape index (κ1) is 61.5. The SMILES string of the molecule is c1ccc(-c2ccc(-c3nc(-c4ccc(-c5cccc6oc7cc8ccccc8cc7c56)cc4)nc(-c4ccc5ccccc5c4)n3)c3ccccc23)cc1.c1ccc(-c2cccc(-c3nc(-c4ccc(-c5cccc6oc7cc8ccccc8cc7c56)cc4)nc(-c4ccc5ccccc5c4)n3)c2)cc1. The van der Waals surface area contributed by atoms with Gasteiger partial charge in [0.1, 0.15) is 22.3 Å². The zero-order valence-electron chi connectivity index (χ0n) is 57.1. The number of aromatic nitrogens is 6. The van der Waals surface area contributed by atoms with Crippen molar-refractivity contribution in [3.05, 3.63) is 364 Å². The van der Waals surface area contributed by atoms with Crippen molar-refractivity contribution in [1.29, 1.82) is 0 Å². The standard InChI is InChI=1S/C51H31N3O.C47H29N3O/c1-2-12-33(13-3-1)40-27-28-44(43-18-9-8-17-42(40)43)51-53-49(52-50(54-51)39-26-21-32-11-4-5-14-36(32)29-39)35-24-22-34(23-25-35)41-19-10-20-46-48(41)45-30-37-15-6-7-16-38(37)31-47(45)55-46;1-2-10-30(11-3-1)35-16-8-17-38(26-35)46-48-45(49-47(50-46)39-25-20-31-12-4-5-13-34(31)27-39)33-23-21-32(22-24-33)40-18-9-19-42-44(40)41-28-36-14-6-7-15-37(36)29-43(41)51-42/h1-31H;1-29H. The number of hydrogen-bond donors (Lipinski definition) is 0. The molecule has 4 aromatic heterocycles. The van der Waals surface area contributed by atoms with E-state index in [2.05, 4.69) is 352 Å². The summed E-state index contributed by atoms with van der Waals surface area (Å²) in [5.74, 6) is 3.78. The maximum Gasteiger partial charge on any atom is 0.164 e.